The summed E-state index contributed by atoms with van der Waals surface area (Å²) in [6.45, 7) is 2.04. The maximum atomic E-state index is 13.4. The van der Waals surface area contributed by atoms with Gasteiger partial charge in [-0.2, -0.15) is 0 Å². The fourth-order valence-corrected chi connectivity index (χ4v) is 6.94. The molecule has 0 spiro atoms. The molecule has 5 aromatic rings. The van der Waals surface area contributed by atoms with Gasteiger partial charge < -0.3 is 14.5 Å². The molecule has 0 saturated heterocycles. The van der Waals surface area contributed by atoms with Crippen molar-refractivity contribution in [1.82, 2.24) is 9.97 Å². The standard InChI is InChI=1S/C33H32N2O5S/c1-2-23(17-21-9-4-3-5-10-21)29-19-28(36)31(32(37)40-29)30(24-15-16-24)25-12-8-11-22(18-25)20-41(38,39)33-34-26-13-6-7-14-27(26)35-33/h3-14,18-19,23-24,30,36H,2,15-17,20H2,1H3,(H,34,35). The van der Waals surface area contributed by atoms with Gasteiger partial charge in [0.05, 0.1) is 22.3 Å². The van der Waals surface area contributed by atoms with Crippen LogP contribution in [0.5, 0.6) is 5.75 Å². The van der Waals surface area contributed by atoms with Gasteiger partial charge in [0, 0.05) is 17.9 Å². The zero-order valence-electron chi connectivity index (χ0n) is 22.8. The first kappa shape index (κ1) is 27.0. The molecule has 2 atom stereocenters. The van der Waals surface area contributed by atoms with Crippen LogP contribution in [0.15, 0.2) is 99.3 Å². The molecule has 1 saturated carbocycles. The van der Waals surface area contributed by atoms with Crippen LogP contribution in [-0.4, -0.2) is 23.5 Å². The maximum absolute atomic E-state index is 13.4. The lowest BCUT2D eigenvalue weighted by Crippen LogP contribution is -2.18. The summed E-state index contributed by atoms with van der Waals surface area (Å²) in [4.78, 5) is 20.6. The number of benzene rings is 3. The lowest BCUT2D eigenvalue weighted by atomic mass is 9.86. The van der Waals surface area contributed by atoms with E-state index < -0.39 is 15.5 Å². The number of rotatable bonds is 10. The monoisotopic (exact) mass is 568 g/mol. The lowest BCUT2D eigenvalue weighted by molar-refractivity contribution is 0.379. The average molecular weight is 569 g/mol. The molecule has 6 rings (SSSR count). The summed E-state index contributed by atoms with van der Waals surface area (Å²) in [6, 6.07) is 26.1. The minimum absolute atomic E-state index is 0.0452. The van der Waals surface area contributed by atoms with E-state index in [-0.39, 0.29) is 40.0 Å². The molecule has 3 aromatic carbocycles. The maximum Gasteiger partial charge on any atom is 0.343 e. The summed E-state index contributed by atoms with van der Waals surface area (Å²) >= 11 is 0. The molecular formula is C33H32N2O5S. The second-order valence-corrected chi connectivity index (χ2v) is 12.8. The SMILES string of the molecule is CCC(Cc1ccccc1)c1cc(O)c(C(c2cccc(CS(=O)(=O)c3nc4ccccc4[nH]3)c2)C2CC2)c(=O)o1. The number of aromatic amines is 1. The quantitative estimate of drug-likeness (QED) is 0.200. The van der Waals surface area contributed by atoms with Gasteiger partial charge in [0.1, 0.15) is 11.5 Å². The van der Waals surface area contributed by atoms with Crippen molar-refractivity contribution in [2.75, 3.05) is 0 Å². The molecule has 1 aliphatic rings. The summed E-state index contributed by atoms with van der Waals surface area (Å²) < 4.78 is 32.3. The molecule has 0 amide bonds. The Morgan fingerprint density at radius 1 is 0.976 bits per heavy atom. The molecule has 2 unspecified atom stereocenters. The van der Waals surface area contributed by atoms with Crippen LogP contribution in [0, 0.1) is 5.92 Å². The van der Waals surface area contributed by atoms with E-state index >= 15 is 0 Å². The fourth-order valence-electron chi connectivity index (χ4n) is 5.69. The van der Waals surface area contributed by atoms with Gasteiger partial charge in [0.2, 0.25) is 15.0 Å². The van der Waals surface area contributed by atoms with Crippen LogP contribution in [0.2, 0.25) is 0 Å². The largest absolute Gasteiger partial charge is 0.507 e. The molecule has 2 heterocycles. The molecule has 210 valence electrons. The number of imidazole rings is 1. The van der Waals surface area contributed by atoms with Crippen molar-refractivity contribution in [3.8, 4) is 5.75 Å². The molecule has 0 aliphatic heterocycles. The Hall–Kier alpha value is -4.17. The molecule has 2 aromatic heterocycles. The van der Waals surface area contributed by atoms with Crippen molar-refractivity contribution in [1.29, 1.82) is 0 Å². The van der Waals surface area contributed by atoms with Crippen molar-refractivity contribution in [2.45, 2.75) is 55.4 Å². The fraction of sp³-hybridized carbons (Fsp3) is 0.273. The smallest absolute Gasteiger partial charge is 0.343 e. The molecule has 0 bridgehead atoms. The van der Waals surface area contributed by atoms with Gasteiger partial charge in [-0.25, -0.2) is 18.2 Å². The third-order valence-electron chi connectivity index (χ3n) is 7.94. The summed E-state index contributed by atoms with van der Waals surface area (Å²) in [5.41, 5.74) is 3.46. The van der Waals surface area contributed by atoms with Crippen LogP contribution in [-0.2, 0) is 22.0 Å². The van der Waals surface area contributed by atoms with E-state index in [0.29, 0.717) is 28.8 Å². The van der Waals surface area contributed by atoms with E-state index in [1.54, 1.807) is 30.3 Å². The number of sulfone groups is 1. The number of fused-ring (bicyclic) bond motifs is 1. The number of nitrogens with zero attached hydrogens (tertiary/aromatic N) is 1. The highest BCUT2D eigenvalue weighted by molar-refractivity contribution is 7.90. The molecule has 8 heteroatoms. The van der Waals surface area contributed by atoms with E-state index in [1.165, 1.54) is 0 Å². The summed E-state index contributed by atoms with van der Waals surface area (Å²) in [7, 11) is -3.74. The Morgan fingerprint density at radius 3 is 2.41 bits per heavy atom. The number of hydrogen-bond donors (Lipinski definition) is 2. The van der Waals surface area contributed by atoms with Crippen molar-refractivity contribution >= 4 is 20.9 Å². The number of aromatic hydroxyl groups is 1. The van der Waals surface area contributed by atoms with Crippen LogP contribution in [0.25, 0.3) is 11.0 Å². The lowest BCUT2D eigenvalue weighted by Gasteiger charge is -2.20. The summed E-state index contributed by atoms with van der Waals surface area (Å²) in [6.07, 6.45) is 3.29. The van der Waals surface area contributed by atoms with Crippen molar-refractivity contribution in [2.24, 2.45) is 5.92 Å². The Morgan fingerprint density at radius 2 is 1.71 bits per heavy atom. The highest BCUT2D eigenvalue weighted by Gasteiger charge is 2.38. The summed E-state index contributed by atoms with van der Waals surface area (Å²) in [5, 5.41) is 11.1. The minimum atomic E-state index is -3.74. The first-order valence-electron chi connectivity index (χ1n) is 14.0. The van der Waals surface area contributed by atoms with E-state index in [4.69, 9.17) is 4.42 Å². The molecule has 41 heavy (non-hydrogen) atoms. The van der Waals surface area contributed by atoms with Crippen molar-refractivity contribution < 1.29 is 17.9 Å². The number of H-pyrrole nitrogens is 1. The minimum Gasteiger partial charge on any atom is -0.507 e. The zero-order chi connectivity index (χ0) is 28.6. The van der Waals surface area contributed by atoms with Gasteiger partial charge in [-0.3, -0.25) is 0 Å². The molecule has 2 N–H and O–H groups in total. The van der Waals surface area contributed by atoms with Crippen LogP contribution in [0.3, 0.4) is 0 Å². The van der Waals surface area contributed by atoms with Crippen LogP contribution in [0.4, 0.5) is 0 Å². The van der Waals surface area contributed by atoms with Crippen LogP contribution >= 0.6 is 0 Å². The predicted octanol–water partition coefficient (Wildman–Crippen LogP) is 6.47. The second kappa shape index (κ2) is 11.0. The first-order valence-corrected chi connectivity index (χ1v) is 15.6. The molecule has 1 aliphatic carbocycles. The molecular weight excluding hydrogens is 536 g/mol. The van der Waals surface area contributed by atoms with Gasteiger partial charge in [-0.15, -0.1) is 0 Å². The topological polar surface area (TPSA) is 113 Å². The number of para-hydroxylation sites is 2. The van der Waals surface area contributed by atoms with Crippen LogP contribution < -0.4 is 5.63 Å². The Labute approximate surface area is 238 Å². The van der Waals surface area contributed by atoms with E-state index in [1.807, 2.05) is 61.5 Å². The third kappa shape index (κ3) is 5.70. The summed E-state index contributed by atoms with van der Waals surface area (Å²) in [5.74, 6) is -0.0968. The normalized spacial score (nSPS) is 15.1. The van der Waals surface area contributed by atoms with Gasteiger partial charge in [-0.1, -0.05) is 73.7 Å². The van der Waals surface area contributed by atoms with E-state index in [9.17, 15) is 18.3 Å². The Balaban J connectivity index is 1.30. The van der Waals surface area contributed by atoms with E-state index in [0.717, 1.165) is 30.4 Å². The van der Waals surface area contributed by atoms with Gasteiger partial charge in [0.15, 0.2) is 0 Å². The molecule has 1 fully saturated rings. The molecule has 7 nitrogen and oxygen atoms in total. The zero-order valence-corrected chi connectivity index (χ0v) is 23.6. The Bertz CT molecular complexity index is 1820. The first-order chi connectivity index (χ1) is 19.8. The number of hydrogen-bond acceptors (Lipinski definition) is 6. The van der Waals surface area contributed by atoms with Gasteiger partial charge >= 0.3 is 5.63 Å². The van der Waals surface area contributed by atoms with Gasteiger partial charge in [0.25, 0.3) is 0 Å². The molecule has 0 radical (unpaired) electrons. The Kier molecular flexibility index (Phi) is 7.26. The third-order valence-corrected chi connectivity index (χ3v) is 9.43. The van der Waals surface area contributed by atoms with E-state index in [2.05, 4.69) is 9.97 Å². The van der Waals surface area contributed by atoms with Crippen molar-refractivity contribution in [3.05, 3.63) is 123 Å². The second-order valence-electron chi connectivity index (χ2n) is 10.9. The van der Waals surface area contributed by atoms with Crippen LogP contribution in [0.1, 0.15) is 66.0 Å². The average Bonchev–Trinajstić information content (AvgIpc) is 3.70. The van der Waals surface area contributed by atoms with Crippen molar-refractivity contribution in [3.63, 3.8) is 0 Å². The number of aromatic nitrogens is 2. The highest BCUT2D eigenvalue weighted by atomic mass is 32.2. The highest BCUT2D eigenvalue weighted by Crippen LogP contribution is 2.48. The van der Waals surface area contributed by atoms with Gasteiger partial charge in [-0.05, 0) is 60.4 Å². The number of nitrogens with one attached hydrogen (secondary N) is 1. The predicted molar refractivity (Wildman–Crippen MR) is 158 cm³/mol.